The fraction of sp³-hybridized carbons (Fsp3) is 0.750. The Morgan fingerprint density at radius 2 is 1.57 bits per heavy atom. The van der Waals surface area contributed by atoms with Crippen LogP contribution in [0.25, 0.3) is 0 Å². The lowest BCUT2D eigenvalue weighted by molar-refractivity contribution is -0.302. The number of rotatable bonds is 10. The maximum atomic E-state index is 10.7. The van der Waals surface area contributed by atoms with E-state index < -0.39 is 69.3 Å². The van der Waals surface area contributed by atoms with Crippen molar-refractivity contribution in [1.29, 1.82) is 0 Å². The summed E-state index contributed by atoms with van der Waals surface area (Å²) in [5.74, 6) is 0. The molecule has 0 bridgehead atoms. The highest BCUT2D eigenvalue weighted by atomic mass is 16.7. The van der Waals surface area contributed by atoms with Crippen molar-refractivity contribution in [3.8, 4) is 0 Å². The molecule has 1 aliphatic heterocycles. The summed E-state index contributed by atoms with van der Waals surface area (Å²) in [6, 6.07) is 0. The van der Waals surface area contributed by atoms with Crippen LogP contribution in [0.4, 0.5) is 0 Å². The molecule has 1 aliphatic rings. The Morgan fingerprint density at radius 3 is 2.14 bits per heavy atom. The van der Waals surface area contributed by atoms with Crippen LogP contribution < -0.4 is 0 Å². The van der Waals surface area contributed by atoms with Gasteiger partial charge in [-0.05, 0) is 0 Å². The summed E-state index contributed by atoms with van der Waals surface area (Å²) in [5.41, 5.74) is 0. The third-order valence-electron chi connectivity index (χ3n) is 2.75. The van der Waals surface area contributed by atoms with Gasteiger partial charge in [0.1, 0.15) is 67.1 Å². The van der Waals surface area contributed by atoms with Gasteiger partial charge in [0.2, 0.25) is 0 Å². The van der Waals surface area contributed by atoms with E-state index in [1.54, 1.807) is 0 Å². The average molecular weight is 309 g/mol. The van der Waals surface area contributed by atoms with Crippen LogP contribution in [0.3, 0.4) is 0 Å². The number of aliphatic hydroxyl groups is 2. The van der Waals surface area contributed by atoms with E-state index in [0.29, 0.717) is 0 Å². The SMILES string of the molecule is [2H]C(=O)COC[C@H]1OC(O)[C@H](OCC([2H])=O)[C@@H](OCC([2H])=O)[C@@H]1O. The minimum atomic E-state index is -1.68. The van der Waals surface area contributed by atoms with Gasteiger partial charge in [-0.25, -0.2) is 0 Å². The number of ether oxygens (including phenoxy) is 4. The van der Waals surface area contributed by atoms with Gasteiger partial charge in [0.05, 0.1) is 6.61 Å². The molecule has 5 atom stereocenters. The Balaban J connectivity index is 2.76. The molecule has 1 fully saturated rings. The summed E-state index contributed by atoms with van der Waals surface area (Å²) in [4.78, 5) is 31.9. The highest BCUT2D eigenvalue weighted by Crippen LogP contribution is 2.24. The molecular formula is C12H18O9. The van der Waals surface area contributed by atoms with Gasteiger partial charge < -0.3 is 43.5 Å². The first kappa shape index (κ1) is 13.4. The largest absolute Gasteiger partial charge is 0.387 e. The minimum absolute atomic E-state index is 0.360. The standard InChI is InChI=1S/C12H18O9/c13-1-4-18-7-8-9(16)10(19-5-2-14)11(12(17)21-8)20-6-3-15/h1-3,8-12,16-17H,4-7H2/t8-,9-,10+,11-,12?/m1/s1/i1D,2D,3D. The molecule has 0 radical (unpaired) electrons. The maximum absolute atomic E-state index is 10.7. The Labute approximate surface area is 124 Å². The van der Waals surface area contributed by atoms with Crippen LogP contribution in [-0.4, -0.2) is 86.1 Å². The first-order valence-electron chi connectivity index (χ1n) is 7.53. The molecule has 0 aromatic heterocycles. The van der Waals surface area contributed by atoms with E-state index in [9.17, 15) is 24.6 Å². The second-order valence-corrected chi connectivity index (χ2v) is 4.06. The maximum Gasteiger partial charge on any atom is 0.184 e. The number of aliphatic hydroxyl groups excluding tert-OH is 2. The topological polar surface area (TPSA) is 129 Å². The molecule has 0 aromatic carbocycles. The molecule has 1 unspecified atom stereocenters. The van der Waals surface area contributed by atoms with Gasteiger partial charge in [0.15, 0.2) is 6.29 Å². The minimum Gasteiger partial charge on any atom is -0.387 e. The number of hydrogen-bond acceptors (Lipinski definition) is 9. The van der Waals surface area contributed by atoms with Crippen molar-refractivity contribution in [3.63, 3.8) is 0 Å². The molecule has 0 aromatic rings. The van der Waals surface area contributed by atoms with Crippen LogP contribution >= 0.6 is 0 Å². The zero-order chi connectivity index (χ0) is 18.3. The average Bonchev–Trinajstić information content (AvgIpc) is 2.46. The lowest BCUT2D eigenvalue weighted by atomic mass is 9.99. The third kappa shape index (κ3) is 5.23. The van der Waals surface area contributed by atoms with E-state index >= 15 is 0 Å². The monoisotopic (exact) mass is 309 g/mol. The summed E-state index contributed by atoms with van der Waals surface area (Å²) in [7, 11) is 0. The molecule has 1 heterocycles. The summed E-state index contributed by atoms with van der Waals surface area (Å²) >= 11 is 0. The van der Waals surface area contributed by atoms with Crippen molar-refractivity contribution in [2.24, 2.45) is 0 Å². The zero-order valence-electron chi connectivity index (χ0n) is 14.0. The summed E-state index contributed by atoms with van der Waals surface area (Å²) in [6.45, 7) is -2.32. The highest BCUT2D eigenvalue weighted by Gasteiger charge is 2.46. The molecule has 21 heavy (non-hydrogen) atoms. The Hall–Kier alpha value is -1.23. The van der Waals surface area contributed by atoms with Crippen molar-refractivity contribution in [2.75, 3.05) is 26.4 Å². The quantitative estimate of drug-likeness (QED) is 0.419. The Morgan fingerprint density at radius 1 is 1.00 bits per heavy atom. The molecule has 9 nitrogen and oxygen atoms in total. The van der Waals surface area contributed by atoms with Crippen LogP contribution in [0.1, 0.15) is 4.11 Å². The fourth-order valence-corrected chi connectivity index (χ4v) is 1.89. The van der Waals surface area contributed by atoms with Crippen LogP contribution in [0.5, 0.6) is 0 Å². The van der Waals surface area contributed by atoms with Crippen molar-refractivity contribution in [3.05, 3.63) is 0 Å². The van der Waals surface area contributed by atoms with E-state index in [1.165, 1.54) is 0 Å². The van der Waals surface area contributed by atoms with Gasteiger partial charge in [-0.15, -0.1) is 0 Å². The molecular weight excluding hydrogens is 288 g/mol. The second kappa shape index (κ2) is 9.66. The molecule has 0 spiro atoms. The van der Waals surface area contributed by atoms with E-state index in [1.807, 2.05) is 0 Å². The third-order valence-corrected chi connectivity index (χ3v) is 2.75. The van der Waals surface area contributed by atoms with E-state index in [-0.39, 0.29) is 6.61 Å². The van der Waals surface area contributed by atoms with Crippen molar-refractivity contribution in [1.82, 2.24) is 0 Å². The first-order chi connectivity index (χ1) is 11.2. The molecule has 120 valence electrons. The number of carbonyl (C=O) groups is 3. The fourth-order valence-electron chi connectivity index (χ4n) is 1.89. The number of carbonyl (C=O) groups excluding carboxylic acids is 3. The van der Waals surface area contributed by atoms with E-state index in [2.05, 4.69) is 0 Å². The molecule has 0 aliphatic carbocycles. The summed E-state index contributed by atoms with van der Waals surface area (Å²) < 4.78 is 40.2. The first-order valence-corrected chi connectivity index (χ1v) is 6.03. The number of hydrogen-bond donors (Lipinski definition) is 2. The predicted molar refractivity (Wildman–Crippen MR) is 65.4 cm³/mol. The Bertz CT molecular complexity index is 461. The van der Waals surface area contributed by atoms with Crippen LogP contribution in [-0.2, 0) is 33.3 Å². The lowest BCUT2D eigenvalue weighted by Crippen LogP contribution is -2.60. The highest BCUT2D eigenvalue weighted by molar-refractivity contribution is 5.51. The van der Waals surface area contributed by atoms with Crippen LogP contribution in [0.2, 0.25) is 0 Å². The molecule has 1 rings (SSSR count). The smallest absolute Gasteiger partial charge is 0.184 e. The van der Waals surface area contributed by atoms with E-state index in [0.717, 1.165) is 0 Å². The van der Waals surface area contributed by atoms with Gasteiger partial charge in [-0.1, -0.05) is 0 Å². The normalized spacial score (nSPS) is 34.6. The summed E-state index contributed by atoms with van der Waals surface area (Å²) in [6.07, 6.45) is -10.2. The second-order valence-electron chi connectivity index (χ2n) is 4.06. The molecule has 9 heteroatoms. The van der Waals surface area contributed by atoms with Gasteiger partial charge in [0.25, 0.3) is 0 Å². The summed E-state index contributed by atoms with van der Waals surface area (Å²) in [5, 5.41) is 20.1. The van der Waals surface area contributed by atoms with Crippen molar-refractivity contribution < 1.29 is 47.7 Å². The molecule has 0 saturated carbocycles. The van der Waals surface area contributed by atoms with Gasteiger partial charge in [0, 0.05) is 0 Å². The zero-order valence-corrected chi connectivity index (χ0v) is 11.0. The number of aldehydes is 3. The van der Waals surface area contributed by atoms with Gasteiger partial charge >= 0.3 is 0 Å². The Kier molecular flexibility index (Phi) is 6.18. The van der Waals surface area contributed by atoms with Crippen molar-refractivity contribution >= 4 is 18.8 Å². The van der Waals surface area contributed by atoms with Crippen LogP contribution in [0.15, 0.2) is 0 Å². The molecule has 2 N–H and O–H groups in total. The molecule has 1 saturated heterocycles. The lowest BCUT2D eigenvalue weighted by Gasteiger charge is -2.41. The molecule has 0 amide bonds. The van der Waals surface area contributed by atoms with E-state index in [4.69, 9.17) is 23.1 Å². The predicted octanol–water partition coefficient (Wildman–Crippen LogP) is -2.55. The van der Waals surface area contributed by atoms with Gasteiger partial charge in [-0.3, -0.25) is 0 Å². The van der Waals surface area contributed by atoms with Crippen LogP contribution in [0, 0.1) is 0 Å². The van der Waals surface area contributed by atoms with Crippen molar-refractivity contribution in [2.45, 2.75) is 30.7 Å². The van der Waals surface area contributed by atoms with Gasteiger partial charge in [-0.2, -0.15) is 0 Å².